The van der Waals surface area contributed by atoms with Crippen molar-refractivity contribution in [2.75, 3.05) is 50.1 Å². The van der Waals surface area contributed by atoms with Crippen LogP contribution in [0.25, 0.3) is 0 Å². The highest BCUT2D eigenvalue weighted by Crippen LogP contribution is 2.46. The lowest BCUT2D eigenvalue weighted by molar-refractivity contribution is 0.494. The van der Waals surface area contributed by atoms with Crippen molar-refractivity contribution >= 4 is 34.0 Å². The van der Waals surface area contributed by atoms with Crippen LogP contribution in [0.15, 0.2) is 59.6 Å². The summed E-state index contributed by atoms with van der Waals surface area (Å²) in [7, 11) is 3.98. The molecule has 240 valence electrons. The van der Waals surface area contributed by atoms with Gasteiger partial charge in [0.25, 0.3) is 0 Å². The SMILES string of the molecule is CNCC[C@@H](c1cccs1)N1CC(C)(C)c2ncc(C#N)cc21.CNCC[C@H](c1cccs1)N1CC(C)(C)c2ncc(C#N)cc21. The van der Waals surface area contributed by atoms with Gasteiger partial charge in [0, 0.05) is 46.1 Å². The summed E-state index contributed by atoms with van der Waals surface area (Å²) in [5.41, 5.74) is 5.68. The third-order valence-corrected chi connectivity index (χ3v) is 10.8. The highest BCUT2D eigenvalue weighted by atomic mass is 32.1. The molecule has 0 aromatic carbocycles. The first-order chi connectivity index (χ1) is 22.1. The summed E-state index contributed by atoms with van der Waals surface area (Å²) in [4.78, 5) is 16.8. The highest BCUT2D eigenvalue weighted by Gasteiger charge is 2.41. The van der Waals surface area contributed by atoms with E-state index in [4.69, 9.17) is 0 Å². The average molecular weight is 653 g/mol. The van der Waals surface area contributed by atoms with Crippen LogP contribution in [-0.4, -0.2) is 50.2 Å². The van der Waals surface area contributed by atoms with Gasteiger partial charge in [-0.05, 0) is 75.1 Å². The average Bonchev–Trinajstić information content (AvgIpc) is 3.86. The second-order valence-electron chi connectivity index (χ2n) is 13.3. The molecule has 10 heteroatoms. The van der Waals surface area contributed by atoms with Crippen LogP contribution in [0.3, 0.4) is 0 Å². The van der Waals surface area contributed by atoms with E-state index in [1.807, 2.05) is 26.2 Å². The summed E-state index contributed by atoms with van der Waals surface area (Å²) in [6, 6.07) is 17.7. The van der Waals surface area contributed by atoms with Gasteiger partial charge >= 0.3 is 0 Å². The van der Waals surface area contributed by atoms with Gasteiger partial charge in [-0.25, -0.2) is 0 Å². The molecule has 0 unspecified atom stereocenters. The second kappa shape index (κ2) is 14.3. The largest absolute Gasteiger partial charge is 0.361 e. The maximum atomic E-state index is 9.23. The van der Waals surface area contributed by atoms with Gasteiger partial charge in [-0.15, -0.1) is 22.7 Å². The number of nitrogens with zero attached hydrogens (tertiary/aromatic N) is 6. The van der Waals surface area contributed by atoms with Crippen LogP contribution in [0.1, 0.15) is 84.9 Å². The van der Waals surface area contributed by atoms with Gasteiger partial charge in [0.05, 0.1) is 46.0 Å². The normalized spacial score (nSPS) is 16.9. The summed E-state index contributed by atoms with van der Waals surface area (Å²) >= 11 is 3.60. The van der Waals surface area contributed by atoms with Gasteiger partial charge < -0.3 is 20.4 Å². The lowest BCUT2D eigenvalue weighted by atomic mass is 9.91. The van der Waals surface area contributed by atoms with Gasteiger partial charge in [0.15, 0.2) is 0 Å². The number of aromatic nitrogens is 2. The summed E-state index contributed by atoms with van der Waals surface area (Å²) in [6.07, 6.45) is 5.45. The molecule has 2 aliphatic heterocycles. The van der Waals surface area contributed by atoms with Gasteiger partial charge in [-0.2, -0.15) is 10.5 Å². The Hall–Kier alpha value is -3.80. The Labute approximate surface area is 281 Å². The molecule has 0 saturated carbocycles. The molecule has 4 aromatic rings. The van der Waals surface area contributed by atoms with Crippen LogP contribution >= 0.6 is 22.7 Å². The van der Waals surface area contributed by atoms with E-state index in [9.17, 15) is 10.5 Å². The van der Waals surface area contributed by atoms with E-state index in [1.54, 1.807) is 35.1 Å². The Balaban J connectivity index is 0.000000181. The van der Waals surface area contributed by atoms with E-state index in [1.165, 1.54) is 9.75 Å². The van der Waals surface area contributed by atoms with Crippen molar-refractivity contribution in [1.82, 2.24) is 20.6 Å². The number of rotatable bonds is 10. The number of hydrogen-bond donors (Lipinski definition) is 2. The summed E-state index contributed by atoms with van der Waals surface area (Å²) < 4.78 is 0. The molecule has 46 heavy (non-hydrogen) atoms. The van der Waals surface area contributed by atoms with Crippen LogP contribution in [0.5, 0.6) is 0 Å². The zero-order valence-electron chi connectivity index (χ0n) is 27.7. The van der Waals surface area contributed by atoms with E-state index in [2.05, 4.69) is 105 Å². The summed E-state index contributed by atoms with van der Waals surface area (Å²) in [5, 5.41) is 29.3. The number of fused-ring (bicyclic) bond motifs is 2. The predicted octanol–water partition coefficient (Wildman–Crippen LogP) is 6.93. The molecule has 0 fully saturated rings. The maximum Gasteiger partial charge on any atom is 0.101 e. The van der Waals surface area contributed by atoms with E-state index >= 15 is 0 Å². The Morgan fingerprint density at radius 1 is 0.761 bits per heavy atom. The Morgan fingerprint density at radius 3 is 1.50 bits per heavy atom. The van der Waals surface area contributed by atoms with Crippen LogP contribution in [-0.2, 0) is 10.8 Å². The molecule has 0 amide bonds. The topological polar surface area (TPSA) is 104 Å². The summed E-state index contributed by atoms with van der Waals surface area (Å²) in [6.45, 7) is 12.7. The van der Waals surface area contributed by atoms with E-state index in [-0.39, 0.29) is 10.8 Å². The minimum Gasteiger partial charge on any atom is -0.361 e. The van der Waals surface area contributed by atoms with Crippen molar-refractivity contribution in [1.29, 1.82) is 10.5 Å². The van der Waals surface area contributed by atoms with Gasteiger partial charge in [-0.1, -0.05) is 39.8 Å². The maximum absolute atomic E-state index is 9.23. The first-order valence-electron chi connectivity index (χ1n) is 15.8. The Morgan fingerprint density at radius 2 is 1.17 bits per heavy atom. The van der Waals surface area contributed by atoms with Crippen molar-refractivity contribution < 1.29 is 0 Å². The lowest BCUT2D eigenvalue weighted by Gasteiger charge is -2.31. The minimum atomic E-state index is -0.00152. The number of hydrogen-bond acceptors (Lipinski definition) is 10. The van der Waals surface area contributed by atoms with Crippen LogP contribution < -0.4 is 20.4 Å². The fourth-order valence-electron chi connectivity index (χ4n) is 6.66. The standard InChI is InChI=1S/2C18H22N4S/c2*1-18(2)12-22(15-9-13(10-19)11-21-17(15)18)14(6-7-20-3)16-5-4-8-23-16/h2*4-5,8-9,11,14,20H,6-7,12H2,1-3H3/t2*14-/m10/s1. The molecule has 0 bridgehead atoms. The molecule has 6 rings (SSSR count). The van der Waals surface area contributed by atoms with Gasteiger partial charge in [0.1, 0.15) is 12.1 Å². The number of nitrogens with one attached hydrogen (secondary N) is 2. The minimum absolute atomic E-state index is 0.00152. The number of anilines is 2. The first kappa shape index (κ1) is 33.6. The van der Waals surface area contributed by atoms with Crippen molar-refractivity contribution in [2.24, 2.45) is 0 Å². The molecule has 2 N–H and O–H groups in total. The molecule has 4 aromatic heterocycles. The highest BCUT2D eigenvalue weighted by molar-refractivity contribution is 7.10. The Bertz CT molecular complexity index is 1560. The molecule has 0 aliphatic carbocycles. The van der Waals surface area contributed by atoms with Crippen LogP contribution in [0.4, 0.5) is 11.4 Å². The Kier molecular flexibility index (Phi) is 10.4. The molecule has 2 aliphatic rings. The molecule has 8 nitrogen and oxygen atoms in total. The number of thiophene rings is 2. The second-order valence-corrected chi connectivity index (χ2v) is 15.2. The molecule has 0 saturated heterocycles. The molecule has 0 radical (unpaired) electrons. The smallest absolute Gasteiger partial charge is 0.101 e. The van der Waals surface area contributed by atoms with Crippen molar-refractivity contribution in [3.8, 4) is 12.1 Å². The van der Waals surface area contributed by atoms with E-state index < -0.39 is 0 Å². The summed E-state index contributed by atoms with van der Waals surface area (Å²) in [5.74, 6) is 0. The van der Waals surface area contributed by atoms with Crippen LogP contribution in [0.2, 0.25) is 0 Å². The van der Waals surface area contributed by atoms with Crippen molar-refractivity contribution in [3.63, 3.8) is 0 Å². The van der Waals surface area contributed by atoms with Crippen molar-refractivity contribution in [3.05, 3.63) is 91.8 Å². The van der Waals surface area contributed by atoms with Crippen LogP contribution in [0, 0.1) is 22.7 Å². The van der Waals surface area contributed by atoms with E-state index in [0.29, 0.717) is 23.2 Å². The molecular formula is C36H44N8S2. The molecular weight excluding hydrogens is 609 g/mol. The zero-order chi connectivity index (χ0) is 32.9. The van der Waals surface area contributed by atoms with E-state index in [0.717, 1.165) is 61.8 Å². The lowest BCUT2D eigenvalue weighted by Crippen LogP contribution is -2.33. The molecule has 2 atom stereocenters. The van der Waals surface area contributed by atoms with Gasteiger partial charge in [0.2, 0.25) is 0 Å². The third kappa shape index (κ3) is 6.96. The fourth-order valence-corrected chi connectivity index (χ4v) is 8.41. The number of pyridine rings is 2. The predicted molar refractivity (Wildman–Crippen MR) is 190 cm³/mol. The third-order valence-electron chi connectivity index (χ3n) is 8.86. The van der Waals surface area contributed by atoms with Crippen molar-refractivity contribution in [2.45, 2.75) is 63.5 Å². The molecule has 0 spiro atoms. The zero-order valence-corrected chi connectivity index (χ0v) is 29.3. The monoisotopic (exact) mass is 652 g/mol. The first-order valence-corrected chi connectivity index (χ1v) is 17.6. The quantitative estimate of drug-likeness (QED) is 0.190. The molecule has 6 heterocycles. The van der Waals surface area contributed by atoms with Gasteiger partial charge in [-0.3, -0.25) is 9.97 Å². The fraction of sp³-hybridized carbons (Fsp3) is 0.444. The number of nitriles is 2.